The Bertz CT molecular complexity index is 1230. The number of halogens is 1. The normalized spacial score (nSPS) is 17.6. The van der Waals surface area contributed by atoms with Crippen LogP contribution < -0.4 is 9.64 Å². The molecular formula is C26H22ClNO4. The minimum atomic E-state index is -0.803. The summed E-state index contributed by atoms with van der Waals surface area (Å²) in [5.41, 5.74) is 3.31. The highest BCUT2D eigenvalue weighted by molar-refractivity contribution is 6.51. The number of hydrogen-bond acceptors (Lipinski definition) is 4. The predicted octanol–water partition coefficient (Wildman–Crippen LogP) is 5.59. The van der Waals surface area contributed by atoms with Crippen LogP contribution in [-0.4, -0.2) is 23.9 Å². The maximum absolute atomic E-state index is 13.2. The van der Waals surface area contributed by atoms with Gasteiger partial charge in [-0.05, 0) is 60.9 Å². The zero-order valence-electron chi connectivity index (χ0n) is 17.9. The highest BCUT2D eigenvalue weighted by atomic mass is 35.5. The van der Waals surface area contributed by atoms with Crippen molar-refractivity contribution >= 4 is 34.7 Å². The van der Waals surface area contributed by atoms with Crippen molar-refractivity contribution in [2.24, 2.45) is 0 Å². The first-order chi connectivity index (χ1) is 15.3. The van der Waals surface area contributed by atoms with Crippen LogP contribution in [0, 0.1) is 13.8 Å². The Balaban J connectivity index is 1.99. The molecule has 3 aromatic carbocycles. The lowest BCUT2D eigenvalue weighted by Gasteiger charge is -2.25. The quantitative estimate of drug-likeness (QED) is 0.321. The third-order valence-electron chi connectivity index (χ3n) is 5.54. The van der Waals surface area contributed by atoms with Gasteiger partial charge >= 0.3 is 0 Å². The van der Waals surface area contributed by atoms with Gasteiger partial charge in [0, 0.05) is 10.7 Å². The standard InChI is InChI=1S/C26H22ClNO4/c1-15-13-16(2)25(32-3)20(14-15)23(29)21-22(17-7-5-4-6-8-17)28(26(31)24(21)30)19-11-9-18(27)10-12-19/h4-14,22,29H,1-3H3/b23-21+. The van der Waals surface area contributed by atoms with E-state index in [4.69, 9.17) is 16.3 Å². The average Bonchev–Trinajstić information content (AvgIpc) is 3.04. The molecule has 1 saturated heterocycles. The van der Waals surface area contributed by atoms with Crippen LogP contribution in [0.15, 0.2) is 72.3 Å². The zero-order valence-corrected chi connectivity index (χ0v) is 18.7. The molecule has 1 fully saturated rings. The Morgan fingerprint density at radius 3 is 2.28 bits per heavy atom. The van der Waals surface area contributed by atoms with Crippen molar-refractivity contribution in [1.82, 2.24) is 0 Å². The summed E-state index contributed by atoms with van der Waals surface area (Å²) in [6, 6.07) is 18.7. The van der Waals surface area contributed by atoms with Crippen molar-refractivity contribution in [2.75, 3.05) is 12.0 Å². The van der Waals surface area contributed by atoms with Gasteiger partial charge in [0.15, 0.2) is 0 Å². The molecule has 1 heterocycles. The summed E-state index contributed by atoms with van der Waals surface area (Å²) in [5.74, 6) is -1.28. The van der Waals surface area contributed by atoms with Crippen molar-refractivity contribution in [3.8, 4) is 5.75 Å². The second-order valence-corrected chi connectivity index (χ2v) is 8.16. The Morgan fingerprint density at radius 2 is 1.66 bits per heavy atom. The number of nitrogens with zero attached hydrogens (tertiary/aromatic N) is 1. The molecule has 1 aliphatic rings. The molecule has 0 radical (unpaired) electrons. The number of ether oxygens (including phenoxy) is 1. The molecule has 0 saturated carbocycles. The fourth-order valence-electron chi connectivity index (χ4n) is 4.20. The summed E-state index contributed by atoms with van der Waals surface area (Å²) in [5, 5.41) is 11.9. The van der Waals surface area contributed by atoms with Crippen molar-refractivity contribution < 1.29 is 19.4 Å². The van der Waals surface area contributed by atoms with Gasteiger partial charge in [-0.25, -0.2) is 0 Å². The smallest absolute Gasteiger partial charge is 0.300 e. The number of carbonyl (C=O) groups is 2. The van der Waals surface area contributed by atoms with E-state index in [1.54, 1.807) is 30.3 Å². The number of anilines is 1. The molecule has 0 aromatic heterocycles. The van der Waals surface area contributed by atoms with Crippen LogP contribution in [0.4, 0.5) is 5.69 Å². The average molecular weight is 448 g/mol. The highest BCUT2D eigenvalue weighted by Crippen LogP contribution is 2.43. The summed E-state index contributed by atoms with van der Waals surface area (Å²) in [4.78, 5) is 27.8. The SMILES string of the molecule is COc1c(C)cc(C)cc1/C(O)=C1\C(=O)C(=O)N(c2ccc(Cl)cc2)C1c1ccccc1. The summed E-state index contributed by atoms with van der Waals surface area (Å²) in [7, 11) is 1.51. The minimum absolute atomic E-state index is 0.0134. The van der Waals surface area contributed by atoms with Gasteiger partial charge in [0.25, 0.3) is 11.7 Å². The second-order valence-electron chi connectivity index (χ2n) is 7.72. The van der Waals surface area contributed by atoms with Crippen molar-refractivity contribution in [3.05, 3.63) is 99.6 Å². The summed E-state index contributed by atoms with van der Waals surface area (Å²) < 4.78 is 5.52. The molecule has 3 aromatic rings. The molecular weight excluding hydrogens is 426 g/mol. The van der Waals surface area contributed by atoms with Crippen LogP contribution >= 0.6 is 11.6 Å². The number of aryl methyl sites for hydroxylation is 2. The van der Waals surface area contributed by atoms with Gasteiger partial charge in [-0.15, -0.1) is 0 Å². The first-order valence-electron chi connectivity index (χ1n) is 10.1. The van der Waals surface area contributed by atoms with Gasteiger partial charge in [0.1, 0.15) is 11.5 Å². The van der Waals surface area contributed by atoms with Gasteiger partial charge in [0.05, 0.1) is 24.3 Å². The third kappa shape index (κ3) is 3.65. The first-order valence-corrected chi connectivity index (χ1v) is 10.5. The Hall–Kier alpha value is -3.57. The molecule has 5 nitrogen and oxygen atoms in total. The van der Waals surface area contributed by atoms with Crippen molar-refractivity contribution in [1.29, 1.82) is 0 Å². The molecule has 0 spiro atoms. The molecule has 0 aliphatic carbocycles. The first kappa shape index (κ1) is 21.7. The molecule has 1 aliphatic heterocycles. The molecule has 1 unspecified atom stereocenters. The van der Waals surface area contributed by atoms with E-state index in [1.165, 1.54) is 12.0 Å². The van der Waals surface area contributed by atoms with E-state index in [0.29, 0.717) is 27.6 Å². The minimum Gasteiger partial charge on any atom is -0.507 e. The lowest BCUT2D eigenvalue weighted by atomic mass is 9.93. The van der Waals surface area contributed by atoms with Gasteiger partial charge in [-0.2, -0.15) is 0 Å². The summed E-state index contributed by atoms with van der Waals surface area (Å²) >= 11 is 6.03. The maximum atomic E-state index is 13.2. The van der Waals surface area contributed by atoms with Crippen molar-refractivity contribution in [2.45, 2.75) is 19.9 Å². The number of amides is 1. The largest absolute Gasteiger partial charge is 0.507 e. The number of aliphatic hydroxyl groups is 1. The predicted molar refractivity (Wildman–Crippen MR) is 125 cm³/mol. The Morgan fingerprint density at radius 1 is 1.00 bits per heavy atom. The third-order valence-corrected chi connectivity index (χ3v) is 5.79. The number of Topliss-reactive ketones (excluding diaryl/α,β-unsaturated/α-hetero) is 1. The van der Waals surface area contributed by atoms with Gasteiger partial charge in [0.2, 0.25) is 0 Å². The number of carbonyl (C=O) groups excluding carboxylic acids is 2. The van der Waals surface area contributed by atoms with Gasteiger partial charge < -0.3 is 9.84 Å². The van der Waals surface area contributed by atoms with E-state index in [1.807, 2.05) is 50.2 Å². The van der Waals surface area contributed by atoms with Gasteiger partial charge in [-0.3, -0.25) is 14.5 Å². The van der Waals surface area contributed by atoms with Crippen LogP contribution in [0.3, 0.4) is 0 Å². The van der Waals surface area contributed by atoms with Crippen LogP contribution in [0.25, 0.3) is 5.76 Å². The molecule has 0 bridgehead atoms. The fourth-order valence-corrected chi connectivity index (χ4v) is 4.32. The lowest BCUT2D eigenvalue weighted by molar-refractivity contribution is -0.132. The monoisotopic (exact) mass is 447 g/mol. The molecule has 162 valence electrons. The van der Waals surface area contributed by atoms with E-state index in [9.17, 15) is 14.7 Å². The summed E-state index contributed by atoms with van der Waals surface area (Å²) in [6.45, 7) is 3.76. The number of methoxy groups -OCH3 is 1. The molecule has 6 heteroatoms. The van der Waals surface area contributed by atoms with E-state index in [0.717, 1.165) is 11.1 Å². The number of ketones is 1. The molecule has 1 atom stereocenters. The van der Waals surface area contributed by atoms with Crippen LogP contribution in [0.5, 0.6) is 5.75 Å². The maximum Gasteiger partial charge on any atom is 0.300 e. The Kier molecular flexibility index (Phi) is 5.76. The van der Waals surface area contributed by atoms with E-state index < -0.39 is 17.7 Å². The van der Waals surface area contributed by atoms with Crippen LogP contribution in [0.1, 0.15) is 28.3 Å². The molecule has 32 heavy (non-hydrogen) atoms. The number of aliphatic hydroxyl groups excluding tert-OH is 1. The van der Waals surface area contributed by atoms with E-state index in [2.05, 4.69) is 0 Å². The van der Waals surface area contributed by atoms with Crippen LogP contribution in [-0.2, 0) is 9.59 Å². The second kappa shape index (κ2) is 8.52. The number of hydrogen-bond donors (Lipinski definition) is 1. The highest BCUT2D eigenvalue weighted by Gasteiger charge is 2.47. The fraction of sp³-hybridized carbons (Fsp3) is 0.154. The van der Waals surface area contributed by atoms with Crippen LogP contribution in [0.2, 0.25) is 5.02 Å². The van der Waals surface area contributed by atoms with E-state index >= 15 is 0 Å². The Labute approximate surface area is 191 Å². The lowest BCUT2D eigenvalue weighted by Crippen LogP contribution is -2.29. The number of benzene rings is 3. The van der Waals surface area contributed by atoms with Crippen molar-refractivity contribution in [3.63, 3.8) is 0 Å². The summed E-state index contributed by atoms with van der Waals surface area (Å²) in [6.07, 6.45) is 0. The topological polar surface area (TPSA) is 66.8 Å². The zero-order chi connectivity index (χ0) is 23.0. The molecule has 1 amide bonds. The van der Waals surface area contributed by atoms with E-state index in [-0.39, 0.29) is 11.3 Å². The number of rotatable bonds is 4. The van der Waals surface area contributed by atoms with Gasteiger partial charge in [-0.1, -0.05) is 48.0 Å². The molecule has 1 N–H and O–H groups in total. The molecule has 4 rings (SSSR count).